The number of rotatable bonds is 2. The van der Waals surface area contributed by atoms with Gasteiger partial charge in [0.05, 0.1) is 0 Å². The second kappa shape index (κ2) is 3.17. The molecule has 1 saturated carbocycles. The number of carbonyl (C=O) groups excluding carboxylic acids is 1. The second-order valence-electron chi connectivity index (χ2n) is 3.19. The fourth-order valence-corrected chi connectivity index (χ4v) is 1.82. The highest BCUT2D eigenvalue weighted by atomic mass is 127. The summed E-state index contributed by atoms with van der Waals surface area (Å²) in [5.41, 5.74) is 1.31. The molecule has 1 nitrogen and oxygen atoms in total. The minimum absolute atomic E-state index is 0.296. The van der Waals surface area contributed by atoms with Crippen molar-refractivity contribution < 1.29 is 4.79 Å². The summed E-state index contributed by atoms with van der Waals surface area (Å²) >= 11 is 2.29. The largest absolute Gasteiger partial charge is 0.303 e. The summed E-state index contributed by atoms with van der Waals surface area (Å²) in [7, 11) is 0. The molecular formula is C10H9IO. The first kappa shape index (κ1) is 8.23. The van der Waals surface area contributed by atoms with Crippen LogP contribution in [0.2, 0.25) is 0 Å². The molecule has 2 heteroatoms. The molecular weight excluding hydrogens is 263 g/mol. The van der Waals surface area contributed by atoms with Crippen molar-refractivity contribution in [2.24, 2.45) is 5.92 Å². The van der Waals surface area contributed by atoms with Crippen molar-refractivity contribution in [1.29, 1.82) is 0 Å². The third kappa shape index (κ3) is 1.53. The molecule has 0 N–H and O–H groups in total. The SMILES string of the molecule is O=C[C@@H]1C[C@H]1c1ccc(I)cc1. The average molecular weight is 272 g/mol. The van der Waals surface area contributed by atoms with E-state index in [0.717, 1.165) is 12.7 Å². The van der Waals surface area contributed by atoms with E-state index in [2.05, 4.69) is 46.9 Å². The zero-order chi connectivity index (χ0) is 8.55. The normalized spacial score (nSPS) is 26.8. The first-order valence-corrected chi connectivity index (χ1v) is 5.10. The number of benzene rings is 1. The van der Waals surface area contributed by atoms with Crippen molar-refractivity contribution >= 4 is 28.9 Å². The number of halogens is 1. The molecule has 2 atom stereocenters. The van der Waals surface area contributed by atoms with Crippen LogP contribution < -0.4 is 0 Å². The number of hydrogen-bond donors (Lipinski definition) is 0. The predicted octanol–water partition coefficient (Wildman–Crippen LogP) is 2.59. The Morgan fingerprint density at radius 3 is 2.50 bits per heavy atom. The van der Waals surface area contributed by atoms with Crippen LogP contribution >= 0.6 is 22.6 Å². The lowest BCUT2D eigenvalue weighted by Crippen LogP contribution is -1.83. The Kier molecular flexibility index (Phi) is 2.17. The van der Waals surface area contributed by atoms with Crippen LogP contribution in [0.25, 0.3) is 0 Å². The van der Waals surface area contributed by atoms with Gasteiger partial charge in [-0.2, -0.15) is 0 Å². The molecule has 0 amide bonds. The smallest absolute Gasteiger partial charge is 0.123 e. The van der Waals surface area contributed by atoms with E-state index in [1.165, 1.54) is 9.13 Å². The van der Waals surface area contributed by atoms with Gasteiger partial charge in [0, 0.05) is 9.49 Å². The van der Waals surface area contributed by atoms with Crippen molar-refractivity contribution in [3.8, 4) is 0 Å². The minimum Gasteiger partial charge on any atom is -0.303 e. The van der Waals surface area contributed by atoms with Gasteiger partial charge in [-0.1, -0.05) is 12.1 Å². The second-order valence-corrected chi connectivity index (χ2v) is 4.44. The molecule has 1 fully saturated rings. The van der Waals surface area contributed by atoms with Crippen LogP contribution in [0.4, 0.5) is 0 Å². The Morgan fingerprint density at radius 2 is 2.00 bits per heavy atom. The quantitative estimate of drug-likeness (QED) is 0.597. The Bertz CT molecular complexity index is 291. The van der Waals surface area contributed by atoms with Crippen molar-refractivity contribution in [3.63, 3.8) is 0 Å². The van der Waals surface area contributed by atoms with Crippen molar-refractivity contribution in [1.82, 2.24) is 0 Å². The van der Waals surface area contributed by atoms with E-state index >= 15 is 0 Å². The zero-order valence-electron chi connectivity index (χ0n) is 6.53. The molecule has 12 heavy (non-hydrogen) atoms. The van der Waals surface area contributed by atoms with Gasteiger partial charge in [0.1, 0.15) is 6.29 Å². The standard InChI is InChI=1S/C10H9IO/c11-9-3-1-7(2-4-9)10-5-8(10)6-12/h1-4,6,8,10H,5H2/t8-,10-/m0/s1. The maximum absolute atomic E-state index is 10.4. The average Bonchev–Trinajstić information content (AvgIpc) is 2.85. The lowest BCUT2D eigenvalue weighted by molar-refractivity contribution is -0.108. The Hall–Kier alpha value is -0.380. The van der Waals surface area contributed by atoms with Gasteiger partial charge in [-0.25, -0.2) is 0 Å². The molecule has 2 rings (SSSR count). The summed E-state index contributed by atoms with van der Waals surface area (Å²) in [5.74, 6) is 0.810. The van der Waals surface area contributed by atoms with Gasteiger partial charge in [-0.3, -0.25) is 0 Å². The van der Waals surface area contributed by atoms with Crippen LogP contribution in [0.15, 0.2) is 24.3 Å². The zero-order valence-corrected chi connectivity index (χ0v) is 8.69. The molecule has 1 aromatic carbocycles. The van der Waals surface area contributed by atoms with E-state index in [1.807, 2.05) is 0 Å². The van der Waals surface area contributed by atoms with Gasteiger partial charge >= 0.3 is 0 Å². The Morgan fingerprint density at radius 1 is 1.33 bits per heavy atom. The molecule has 0 aromatic heterocycles. The van der Waals surface area contributed by atoms with Crippen molar-refractivity contribution in [3.05, 3.63) is 33.4 Å². The van der Waals surface area contributed by atoms with E-state index < -0.39 is 0 Å². The van der Waals surface area contributed by atoms with Gasteiger partial charge in [-0.05, 0) is 52.6 Å². The monoisotopic (exact) mass is 272 g/mol. The molecule has 0 saturated heterocycles. The molecule has 62 valence electrons. The lowest BCUT2D eigenvalue weighted by Gasteiger charge is -1.96. The summed E-state index contributed by atoms with van der Waals surface area (Å²) in [5, 5.41) is 0. The molecule has 0 radical (unpaired) electrons. The summed E-state index contributed by atoms with van der Waals surface area (Å²) in [6, 6.07) is 8.43. The molecule has 0 heterocycles. The van der Waals surface area contributed by atoms with Crippen molar-refractivity contribution in [2.45, 2.75) is 12.3 Å². The number of carbonyl (C=O) groups is 1. The van der Waals surface area contributed by atoms with E-state index in [0.29, 0.717) is 11.8 Å². The highest BCUT2D eigenvalue weighted by Crippen LogP contribution is 2.45. The first-order chi connectivity index (χ1) is 5.81. The van der Waals surface area contributed by atoms with E-state index in [-0.39, 0.29) is 0 Å². The summed E-state index contributed by atoms with van der Waals surface area (Å²) in [4.78, 5) is 10.4. The van der Waals surface area contributed by atoms with Crippen LogP contribution in [0.5, 0.6) is 0 Å². The fourth-order valence-electron chi connectivity index (χ4n) is 1.46. The maximum Gasteiger partial charge on any atom is 0.123 e. The molecule has 0 unspecified atom stereocenters. The Balaban J connectivity index is 2.15. The van der Waals surface area contributed by atoms with E-state index in [9.17, 15) is 4.79 Å². The van der Waals surface area contributed by atoms with Crippen LogP contribution in [-0.2, 0) is 4.79 Å². The lowest BCUT2D eigenvalue weighted by atomic mass is 10.1. The van der Waals surface area contributed by atoms with Gasteiger partial charge in [0.2, 0.25) is 0 Å². The van der Waals surface area contributed by atoms with E-state index in [1.54, 1.807) is 0 Å². The predicted molar refractivity (Wildman–Crippen MR) is 56.1 cm³/mol. The number of hydrogen-bond acceptors (Lipinski definition) is 1. The van der Waals surface area contributed by atoms with Gasteiger partial charge in [0.25, 0.3) is 0 Å². The van der Waals surface area contributed by atoms with Crippen LogP contribution in [0.1, 0.15) is 17.9 Å². The molecule has 1 aliphatic carbocycles. The maximum atomic E-state index is 10.4. The Labute approximate surface area is 85.3 Å². The van der Waals surface area contributed by atoms with Gasteiger partial charge in [-0.15, -0.1) is 0 Å². The summed E-state index contributed by atoms with van der Waals surface area (Å²) in [6.45, 7) is 0. The van der Waals surface area contributed by atoms with Crippen molar-refractivity contribution in [2.75, 3.05) is 0 Å². The molecule has 1 aromatic rings. The topological polar surface area (TPSA) is 17.1 Å². The number of aldehydes is 1. The van der Waals surface area contributed by atoms with E-state index in [4.69, 9.17) is 0 Å². The third-order valence-corrected chi connectivity index (χ3v) is 3.03. The van der Waals surface area contributed by atoms with Crippen LogP contribution in [-0.4, -0.2) is 6.29 Å². The molecule has 1 aliphatic rings. The molecule has 0 bridgehead atoms. The van der Waals surface area contributed by atoms with Crippen LogP contribution in [0.3, 0.4) is 0 Å². The third-order valence-electron chi connectivity index (χ3n) is 2.31. The molecule has 0 aliphatic heterocycles. The van der Waals surface area contributed by atoms with Gasteiger partial charge in [0.15, 0.2) is 0 Å². The van der Waals surface area contributed by atoms with Gasteiger partial charge < -0.3 is 4.79 Å². The molecule has 0 spiro atoms. The minimum atomic E-state index is 0.296. The fraction of sp³-hybridized carbons (Fsp3) is 0.300. The summed E-state index contributed by atoms with van der Waals surface area (Å²) < 4.78 is 1.25. The highest BCUT2D eigenvalue weighted by Gasteiger charge is 2.37. The highest BCUT2D eigenvalue weighted by molar-refractivity contribution is 14.1. The van der Waals surface area contributed by atoms with Crippen LogP contribution in [0, 0.1) is 9.49 Å². The summed E-state index contributed by atoms with van der Waals surface area (Å²) in [6.07, 6.45) is 2.12. The first-order valence-electron chi connectivity index (χ1n) is 4.02.